The quantitative estimate of drug-likeness (QED) is 0.477. The van der Waals surface area contributed by atoms with Gasteiger partial charge in [-0.05, 0) is 30.9 Å². The summed E-state index contributed by atoms with van der Waals surface area (Å²) in [6.45, 7) is 1.86. The van der Waals surface area contributed by atoms with Gasteiger partial charge in [0.25, 0.3) is 0 Å². The van der Waals surface area contributed by atoms with E-state index in [1.54, 1.807) is 18.5 Å². The summed E-state index contributed by atoms with van der Waals surface area (Å²) in [6.07, 6.45) is 3.58. The number of hydrogen-bond acceptors (Lipinski definition) is 3. The van der Waals surface area contributed by atoms with Crippen molar-refractivity contribution >= 4 is 52.2 Å². The van der Waals surface area contributed by atoms with E-state index in [-0.39, 0.29) is 0 Å². The molecule has 20 heavy (non-hydrogen) atoms. The minimum Gasteiger partial charge on any atom is -0.369 e. The van der Waals surface area contributed by atoms with Crippen molar-refractivity contribution in [1.29, 1.82) is 0 Å². The van der Waals surface area contributed by atoms with E-state index in [4.69, 9.17) is 23.2 Å². The van der Waals surface area contributed by atoms with Crippen molar-refractivity contribution in [1.82, 2.24) is 4.90 Å². The fraction of sp³-hybridized carbons (Fsp3) is 0.308. The van der Waals surface area contributed by atoms with Gasteiger partial charge in [-0.1, -0.05) is 41.0 Å². The van der Waals surface area contributed by atoms with Crippen molar-refractivity contribution < 1.29 is 0 Å². The second-order valence-corrected chi connectivity index (χ2v) is 5.70. The zero-order valence-corrected chi connectivity index (χ0v) is 14.1. The van der Waals surface area contributed by atoms with Crippen LogP contribution in [0.3, 0.4) is 0 Å². The lowest BCUT2D eigenvalue weighted by molar-refractivity contribution is 0.644. The van der Waals surface area contributed by atoms with Crippen LogP contribution in [-0.2, 0) is 0 Å². The first-order valence-electron chi connectivity index (χ1n) is 5.76. The molecule has 108 valence electrons. The fourth-order valence-corrected chi connectivity index (χ4v) is 1.75. The van der Waals surface area contributed by atoms with Gasteiger partial charge in [-0.2, -0.15) is 5.10 Å². The van der Waals surface area contributed by atoms with Gasteiger partial charge in [0.15, 0.2) is 0 Å². The molecule has 0 spiro atoms. The molecule has 4 nitrogen and oxygen atoms in total. The minimum atomic E-state index is 0.499. The molecule has 1 rings (SSSR count). The van der Waals surface area contributed by atoms with E-state index >= 15 is 0 Å². The van der Waals surface area contributed by atoms with E-state index in [9.17, 15) is 0 Å². The highest BCUT2D eigenvalue weighted by atomic mass is 35.5. The van der Waals surface area contributed by atoms with E-state index in [1.165, 1.54) is 11.8 Å². The molecule has 1 aromatic carbocycles. The van der Waals surface area contributed by atoms with Crippen LogP contribution in [0.25, 0.3) is 0 Å². The topological polar surface area (TPSA) is 40.3 Å². The van der Waals surface area contributed by atoms with Crippen LogP contribution in [0.1, 0.15) is 12.5 Å². The average Bonchev–Trinajstić information content (AvgIpc) is 2.41. The number of nitrogens with zero attached hydrogens (tertiary/aromatic N) is 4. The number of amidine groups is 1. The maximum atomic E-state index is 5.98. The Morgan fingerprint density at radius 3 is 2.45 bits per heavy atom. The van der Waals surface area contributed by atoms with Gasteiger partial charge in [-0.25, -0.2) is 4.99 Å². The third-order valence-corrected chi connectivity index (χ3v) is 3.50. The standard InChI is InChI=1S/C13H16Cl2N4S/c1-9(10-5-6-11(14)12(15)7-10)17-18-13(20-4)16-8-19(2)3/h5-8H,1-4H3/b16-8?,17-9-,18-13-. The summed E-state index contributed by atoms with van der Waals surface area (Å²) in [5, 5.41) is 9.87. The van der Waals surface area contributed by atoms with Gasteiger partial charge in [0.1, 0.15) is 0 Å². The number of rotatable bonds is 3. The number of hydrogen-bond donors (Lipinski definition) is 0. The summed E-state index contributed by atoms with van der Waals surface area (Å²) >= 11 is 13.3. The Morgan fingerprint density at radius 1 is 1.20 bits per heavy atom. The summed E-state index contributed by atoms with van der Waals surface area (Å²) in [5.41, 5.74) is 1.62. The first kappa shape index (κ1) is 17.0. The zero-order chi connectivity index (χ0) is 15.1. The van der Waals surface area contributed by atoms with E-state index in [2.05, 4.69) is 15.2 Å². The molecule has 0 N–H and O–H groups in total. The van der Waals surface area contributed by atoms with Gasteiger partial charge >= 0.3 is 0 Å². The van der Waals surface area contributed by atoms with Crippen LogP contribution < -0.4 is 0 Å². The van der Waals surface area contributed by atoms with Crippen LogP contribution in [-0.4, -0.2) is 42.5 Å². The summed E-state index contributed by atoms with van der Waals surface area (Å²) in [7, 11) is 3.79. The van der Waals surface area contributed by atoms with Crippen molar-refractivity contribution in [3.63, 3.8) is 0 Å². The van der Waals surface area contributed by atoms with Gasteiger partial charge in [0.05, 0.1) is 22.1 Å². The van der Waals surface area contributed by atoms with Crippen molar-refractivity contribution in [2.75, 3.05) is 20.4 Å². The van der Waals surface area contributed by atoms with E-state index < -0.39 is 0 Å². The Morgan fingerprint density at radius 2 is 1.90 bits per heavy atom. The summed E-state index contributed by atoms with van der Waals surface area (Å²) in [4.78, 5) is 6.03. The SMILES string of the molecule is CS/C(N=CN(C)C)=N\N=C(\C)c1ccc(Cl)c(Cl)c1. The van der Waals surface area contributed by atoms with E-state index in [0.717, 1.165) is 11.3 Å². The molecule has 0 saturated carbocycles. The zero-order valence-electron chi connectivity index (χ0n) is 11.8. The Hall–Kier alpha value is -1.04. The molecular formula is C13H16Cl2N4S. The van der Waals surface area contributed by atoms with Crippen LogP contribution in [0, 0.1) is 0 Å². The van der Waals surface area contributed by atoms with Crippen molar-refractivity contribution in [3.8, 4) is 0 Å². The summed E-state index contributed by atoms with van der Waals surface area (Å²) in [5.74, 6) is 0. The van der Waals surface area contributed by atoms with Gasteiger partial charge in [0, 0.05) is 14.1 Å². The highest BCUT2D eigenvalue weighted by Gasteiger charge is 2.02. The lowest BCUT2D eigenvalue weighted by Gasteiger charge is -2.03. The van der Waals surface area contributed by atoms with Crippen LogP contribution in [0.4, 0.5) is 0 Å². The van der Waals surface area contributed by atoms with Gasteiger partial charge in [-0.3, -0.25) is 0 Å². The monoisotopic (exact) mass is 330 g/mol. The van der Waals surface area contributed by atoms with Gasteiger partial charge in [0.2, 0.25) is 5.17 Å². The number of benzene rings is 1. The Balaban J connectivity index is 2.94. The molecule has 0 unspecified atom stereocenters. The first-order valence-corrected chi connectivity index (χ1v) is 7.74. The van der Waals surface area contributed by atoms with Crippen LogP contribution in [0.2, 0.25) is 10.0 Å². The lowest BCUT2D eigenvalue weighted by Crippen LogP contribution is -2.08. The number of aliphatic imine (C=N–C) groups is 1. The highest BCUT2D eigenvalue weighted by molar-refractivity contribution is 8.13. The van der Waals surface area contributed by atoms with Crippen molar-refractivity contribution in [2.45, 2.75) is 6.92 Å². The molecule has 0 amide bonds. The molecule has 0 aliphatic carbocycles. The molecule has 0 aliphatic heterocycles. The number of halogens is 2. The molecule has 0 heterocycles. The Bertz CT molecular complexity index is 553. The fourth-order valence-electron chi connectivity index (χ4n) is 1.18. The normalized spacial score (nSPS) is 13.1. The maximum Gasteiger partial charge on any atom is 0.210 e. The maximum absolute atomic E-state index is 5.98. The Labute approximate surface area is 133 Å². The third kappa shape index (κ3) is 5.53. The van der Waals surface area contributed by atoms with Crippen molar-refractivity contribution in [2.24, 2.45) is 15.2 Å². The van der Waals surface area contributed by atoms with Crippen LogP contribution in [0.5, 0.6) is 0 Å². The summed E-state index contributed by atoms with van der Waals surface area (Å²) < 4.78 is 0. The molecular weight excluding hydrogens is 315 g/mol. The van der Waals surface area contributed by atoms with E-state index in [1.807, 2.05) is 38.2 Å². The third-order valence-electron chi connectivity index (χ3n) is 2.20. The molecule has 0 saturated heterocycles. The number of thioether (sulfide) groups is 1. The molecule has 0 fully saturated rings. The molecule has 1 aromatic rings. The predicted octanol–water partition coefficient (Wildman–Crippen LogP) is 4.03. The molecule has 0 radical (unpaired) electrons. The average molecular weight is 331 g/mol. The predicted molar refractivity (Wildman–Crippen MR) is 91.8 cm³/mol. The van der Waals surface area contributed by atoms with Gasteiger partial charge < -0.3 is 4.90 Å². The lowest BCUT2D eigenvalue weighted by atomic mass is 10.1. The molecule has 0 aliphatic rings. The molecule has 7 heteroatoms. The first-order chi connectivity index (χ1) is 9.43. The minimum absolute atomic E-state index is 0.499. The smallest absolute Gasteiger partial charge is 0.210 e. The van der Waals surface area contributed by atoms with Crippen molar-refractivity contribution in [3.05, 3.63) is 33.8 Å². The largest absolute Gasteiger partial charge is 0.369 e. The molecule has 0 atom stereocenters. The van der Waals surface area contributed by atoms with E-state index in [0.29, 0.717) is 15.2 Å². The summed E-state index contributed by atoms with van der Waals surface area (Å²) in [6, 6.07) is 5.35. The van der Waals surface area contributed by atoms with Gasteiger partial charge in [-0.15, -0.1) is 5.10 Å². The van der Waals surface area contributed by atoms with Crippen LogP contribution in [0.15, 0.2) is 33.4 Å². The second kappa shape index (κ2) is 8.29. The van der Waals surface area contributed by atoms with Crippen LogP contribution >= 0.6 is 35.0 Å². The Kier molecular flexibility index (Phi) is 7.05. The highest BCUT2D eigenvalue weighted by Crippen LogP contribution is 2.22. The molecule has 0 bridgehead atoms. The second-order valence-electron chi connectivity index (χ2n) is 4.11. The molecule has 0 aromatic heterocycles.